The number of rotatable bonds is 4. The zero-order valence-corrected chi connectivity index (χ0v) is 14.7. The monoisotopic (exact) mass is 358 g/mol. The second-order valence-corrected chi connectivity index (χ2v) is 6.88. The van der Waals surface area contributed by atoms with Crippen LogP contribution in [-0.4, -0.2) is 35.8 Å². The van der Waals surface area contributed by atoms with Crippen LogP contribution in [0.15, 0.2) is 42.5 Å². The molecule has 0 spiro atoms. The van der Waals surface area contributed by atoms with Crippen LogP contribution in [0.4, 0.5) is 4.39 Å². The Morgan fingerprint density at radius 1 is 1.36 bits per heavy atom. The van der Waals surface area contributed by atoms with Crippen LogP contribution in [0, 0.1) is 5.82 Å². The summed E-state index contributed by atoms with van der Waals surface area (Å²) in [5, 5.41) is 2.78. The van der Waals surface area contributed by atoms with Gasteiger partial charge in [-0.2, -0.15) is 0 Å². The number of nitrogens with one attached hydrogen (secondary N) is 1. The third kappa shape index (κ3) is 3.79. The second kappa shape index (κ2) is 7.61. The molecule has 1 aromatic heterocycles. The summed E-state index contributed by atoms with van der Waals surface area (Å²) in [5.74, 6) is -0.544. The fraction of sp³-hybridized carbons (Fsp3) is 0.263. The molecule has 2 amide bonds. The summed E-state index contributed by atoms with van der Waals surface area (Å²) in [4.78, 5) is 27.5. The van der Waals surface area contributed by atoms with Crippen LogP contribution in [0.1, 0.15) is 18.2 Å². The molecule has 6 heteroatoms. The van der Waals surface area contributed by atoms with Crippen molar-refractivity contribution in [2.24, 2.45) is 0 Å². The van der Waals surface area contributed by atoms with Crippen molar-refractivity contribution in [1.82, 2.24) is 10.2 Å². The van der Waals surface area contributed by atoms with E-state index in [0.717, 1.165) is 9.75 Å². The highest BCUT2D eigenvalue weighted by Gasteiger charge is 2.30. The van der Waals surface area contributed by atoms with Gasteiger partial charge >= 0.3 is 0 Å². The molecular formula is C19H19FN2O2S. The number of piperazine rings is 1. The van der Waals surface area contributed by atoms with Crippen molar-refractivity contribution < 1.29 is 14.0 Å². The van der Waals surface area contributed by atoms with E-state index in [-0.39, 0.29) is 17.6 Å². The molecule has 1 saturated heterocycles. The zero-order chi connectivity index (χ0) is 17.8. The Morgan fingerprint density at radius 3 is 2.92 bits per heavy atom. The number of carbonyl (C=O) groups is 2. The van der Waals surface area contributed by atoms with Gasteiger partial charge in [0, 0.05) is 34.5 Å². The molecule has 0 bridgehead atoms. The third-order valence-electron chi connectivity index (χ3n) is 4.16. The van der Waals surface area contributed by atoms with Gasteiger partial charge in [-0.1, -0.05) is 25.1 Å². The van der Waals surface area contributed by atoms with Crippen LogP contribution in [-0.2, 0) is 9.59 Å². The number of amides is 2. The molecule has 1 unspecified atom stereocenters. The number of thiophene rings is 1. The van der Waals surface area contributed by atoms with Gasteiger partial charge in [0.2, 0.25) is 11.8 Å². The summed E-state index contributed by atoms with van der Waals surface area (Å²) < 4.78 is 13.9. The zero-order valence-electron chi connectivity index (χ0n) is 13.9. The first-order valence-corrected chi connectivity index (χ1v) is 9.03. The molecule has 3 rings (SSSR count). The fourth-order valence-electron chi connectivity index (χ4n) is 2.88. The Balaban J connectivity index is 1.73. The SMILES string of the molecule is CCC1C(=O)NCCN1C(=O)C=Cc1ccc(-c2ccccc2F)s1. The quantitative estimate of drug-likeness (QED) is 0.853. The van der Waals surface area contributed by atoms with Crippen molar-refractivity contribution in [3.8, 4) is 10.4 Å². The van der Waals surface area contributed by atoms with Crippen LogP contribution in [0.2, 0.25) is 0 Å². The van der Waals surface area contributed by atoms with E-state index in [2.05, 4.69) is 5.32 Å². The molecule has 25 heavy (non-hydrogen) atoms. The molecule has 4 nitrogen and oxygen atoms in total. The molecule has 1 aliphatic rings. The van der Waals surface area contributed by atoms with E-state index in [4.69, 9.17) is 0 Å². The van der Waals surface area contributed by atoms with Gasteiger partial charge in [0.15, 0.2) is 0 Å². The van der Waals surface area contributed by atoms with Gasteiger partial charge in [0.25, 0.3) is 0 Å². The molecule has 1 fully saturated rings. The first kappa shape index (κ1) is 17.4. The summed E-state index contributed by atoms with van der Waals surface area (Å²) in [6.45, 7) is 2.88. The van der Waals surface area contributed by atoms with Gasteiger partial charge in [0.1, 0.15) is 11.9 Å². The fourth-order valence-corrected chi connectivity index (χ4v) is 3.82. The summed E-state index contributed by atoms with van der Waals surface area (Å²) in [6.07, 6.45) is 3.79. The molecule has 0 saturated carbocycles. The van der Waals surface area contributed by atoms with Crippen LogP contribution in [0.3, 0.4) is 0 Å². The second-order valence-electron chi connectivity index (χ2n) is 5.76. The van der Waals surface area contributed by atoms with Gasteiger partial charge in [-0.3, -0.25) is 9.59 Å². The summed E-state index contributed by atoms with van der Waals surface area (Å²) in [5.41, 5.74) is 0.553. The van der Waals surface area contributed by atoms with Gasteiger partial charge in [-0.25, -0.2) is 4.39 Å². The van der Waals surface area contributed by atoms with Crippen molar-refractivity contribution in [3.05, 3.63) is 53.2 Å². The molecule has 130 valence electrons. The number of carbonyl (C=O) groups excluding carboxylic acids is 2. The third-order valence-corrected chi connectivity index (χ3v) is 5.24. The number of benzene rings is 1. The van der Waals surface area contributed by atoms with Gasteiger partial charge in [-0.05, 0) is 30.7 Å². The summed E-state index contributed by atoms with van der Waals surface area (Å²) >= 11 is 1.42. The van der Waals surface area contributed by atoms with E-state index in [1.54, 1.807) is 29.2 Å². The Labute approximate surface area is 150 Å². The highest BCUT2D eigenvalue weighted by molar-refractivity contribution is 7.16. The largest absolute Gasteiger partial charge is 0.353 e. The minimum absolute atomic E-state index is 0.103. The number of hydrogen-bond donors (Lipinski definition) is 1. The van der Waals surface area contributed by atoms with Crippen molar-refractivity contribution >= 4 is 29.2 Å². The predicted octanol–water partition coefficient (Wildman–Crippen LogP) is 3.30. The maximum absolute atomic E-state index is 13.9. The highest BCUT2D eigenvalue weighted by Crippen LogP contribution is 2.30. The number of hydrogen-bond acceptors (Lipinski definition) is 3. The lowest BCUT2D eigenvalue weighted by molar-refractivity contribution is -0.140. The maximum atomic E-state index is 13.9. The lowest BCUT2D eigenvalue weighted by Gasteiger charge is -2.33. The van der Waals surface area contributed by atoms with Crippen LogP contribution < -0.4 is 5.32 Å². The Kier molecular flexibility index (Phi) is 5.28. The summed E-state index contributed by atoms with van der Waals surface area (Å²) in [7, 11) is 0. The Bertz CT molecular complexity index is 815. The summed E-state index contributed by atoms with van der Waals surface area (Å²) in [6, 6.07) is 9.91. The van der Waals surface area contributed by atoms with E-state index in [1.807, 2.05) is 19.1 Å². The predicted molar refractivity (Wildman–Crippen MR) is 97.5 cm³/mol. The Hall–Kier alpha value is -2.47. The molecule has 2 aromatic rings. The highest BCUT2D eigenvalue weighted by atomic mass is 32.1. The first-order chi connectivity index (χ1) is 12.1. The van der Waals surface area contributed by atoms with Gasteiger partial charge in [-0.15, -0.1) is 11.3 Å². The van der Waals surface area contributed by atoms with Crippen molar-refractivity contribution in [2.45, 2.75) is 19.4 Å². The van der Waals surface area contributed by atoms with E-state index in [9.17, 15) is 14.0 Å². The molecular weight excluding hydrogens is 339 g/mol. The van der Waals surface area contributed by atoms with Gasteiger partial charge < -0.3 is 10.2 Å². The average molecular weight is 358 g/mol. The van der Waals surface area contributed by atoms with Gasteiger partial charge in [0.05, 0.1) is 0 Å². The van der Waals surface area contributed by atoms with E-state index in [1.165, 1.54) is 23.5 Å². The molecule has 1 aliphatic heterocycles. The lowest BCUT2D eigenvalue weighted by Crippen LogP contribution is -2.56. The van der Waals surface area contributed by atoms with E-state index >= 15 is 0 Å². The van der Waals surface area contributed by atoms with E-state index < -0.39 is 6.04 Å². The first-order valence-electron chi connectivity index (χ1n) is 8.21. The molecule has 1 atom stereocenters. The molecule has 1 aromatic carbocycles. The maximum Gasteiger partial charge on any atom is 0.247 e. The molecule has 0 aliphatic carbocycles. The van der Waals surface area contributed by atoms with Crippen LogP contribution in [0.25, 0.3) is 16.5 Å². The minimum Gasteiger partial charge on any atom is -0.353 e. The van der Waals surface area contributed by atoms with E-state index in [0.29, 0.717) is 25.1 Å². The number of nitrogens with zero attached hydrogens (tertiary/aromatic N) is 1. The van der Waals surface area contributed by atoms with Crippen molar-refractivity contribution in [3.63, 3.8) is 0 Å². The Morgan fingerprint density at radius 2 is 2.16 bits per heavy atom. The average Bonchev–Trinajstić information content (AvgIpc) is 3.08. The normalized spacial score (nSPS) is 17.8. The smallest absolute Gasteiger partial charge is 0.247 e. The molecule has 2 heterocycles. The van der Waals surface area contributed by atoms with Crippen molar-refractivity contribution in [1.29, 1.82) is 0 Å². The van der Waals surface area contributed by atoms with Crippen molar-refractivity contribution in [2.75, 3.05) is 13.1 Å². The minimum atomic E-state index is -0.414. The van der Waals surface area contributed by atoms with Crippen LogP contribution in [0.5, 0.6) is 0 Å². The van der Waals surface area contributed by atoms with Crippen LogP contribution >= 0.6 is 11.3 Å². The number of halogens is 1. The molecule has 1 N–H and O–H groups in total. The molecule has 0 radical (unpaired) electrons. The lowest BCUT2D eigenvalue weighted by atomic mass is 10.1. The topological polar surface area (TPSA) is 49.4 Å². The standard InChI is InChI=1S/C19H19FN2O2S/c1-2-16-19(24)21-11-12-22(16)18(23)10-8-13-7-9-17(25-13)14-5-3-4-6-15(14)20/h3-10,16H,2,11-12H2,1H3,(H,21,24).